The molecule has 0 bridgehead atoms. The van der Waals surface area contributed by atoms with Gasteiger partial charge < -0.3 is 54.2 Å². The smallest absolute Gasteiger partial charge is 0.326 e. The molecular weight excluding hydrogens is 452 g/mol. The number of carbonyl (C=O) groups excluding carboxylic acids is 3. The molecule has 0 aliphatic heterocycles. The van der Waals surface area contributed by atoms with Gasteiger partial charge in [-0.1, -0.05) is 0 Å². The first-order chi connectivity index (χ1) is 15.9. The van der Waals surface area contributed by atoms with Crippen molar-refractivity contribution in [2.24, 2.45) is 27.9 Å². The summed E-state index contributed by atoms with van der Waals surface area (Å²) in [6, 6.07) is -5.20. The van der Waals surface area contributed by atoms with Gasteiger partial charge in [-0.05, 0) is 45.6 Å². The summed E-state index contributed by atoms with van der Waals surface area (Å²) < 4.78 is 0. The fourth-order valence-corrected chi connectivity index (χ4v) is 2.80. The SMILES string of the molecule is CC(O)C(NC(=O)C(N)CO)C(=O)NC(CCCCN)C(=O)NC(CCCN=C(N)N)C(=O)O. The average Bonchev–Trinajstić information content (AvgIpc) is 2.77. The Balaban J connectivity index is 5.37. The van der Waals surface area contributed by atoms with Crippen molar-refractivity contribution in [3.05, 3.63) is 0 Å². The molecule has 0 fully saturated rings. The number of aliphatic hydroxyl groups is 2. The van der Waals surface area contributed by atoms with E-state index in [-0.39, 0.29) is 31.8 Å². The molecule has 15 nitrogen and oxygen atoms in total. The van der Waals surface area contributed by atoms with Crippen molar-refractivity contribution in [1.29, 1.82) is 0 Å². The number of guanidine groups is 1. The van der Waals surface area contributed by atoms with E-state index < -0.39 is 60.6 Å². The van der Waals surface area contributed by atoms with Crippen LogP contribution in [0.2, 0.25) is 0 Å². The van der Waals surface area contributed by atoms with E-state index in [4.69, 9.17) is 28.0 Å². The maximum absolute atomic E-state index is 12.8. The zero-order chi connectivity index (χ0) is 26.3. The normalized spacial score (nSPS) is 15.2. The Hall–Kier alpha value is -3.01. The van der Waals surface area contributed by atoms with Crippen LogP contribution in [0.1, 0.15) is 39.0 Å². The Bertz CT molecular complexity index is 700. The highest BCUT2D eigenvalue weighted by Gasteiger charge is 2.32. The number of nitrogens with zero attached hydrogens (tertiary/aromatic N) is 1. The number of aliphatic carboxylic acids is 1. The van der Waals surface area contributed by atoms with Crippen LogP contribution >= 0.6 is 0 Å². The van der Waals surface area contributed by atoms with Crippen LogP contribution in [-0.4, -0.2) is 94.9 Å². The number of aliphatic hydroxyl groups excluding tert-OH is 2. The van der Waals surface area contributed by atoms with Gasteiger partial charge in [0.2, 0.25) is 17.7 Å². The predicted molar refractivity (Wildman–Crippen MR) is 123 cm³/mol. The van der Waals surface area contributed by atoms with Gasteiger partial charge in [-0.25, -0.2) is 4.79 Å². The molecule has 0 radical (unpaired) electrons. The molecule has 0 saturated carbocycles. The van der Waals surface area contributed by atoms with E-state index in [0.717, 1.165) is 0 Å². The van der Waals surface area contributed by atoms with Crippen LogP contribution in [0.5, 0.6) is 0 Å². The highest BCUT2D eigenvalue weighted by molar-refractivity contribution is 5.94. The van der Waals surface area contributed by atoms with E-state index in [1.165, 1.54) is 6.92 Å². The van der Waals surface area contributed by atoms with Gasteiger partial charge in [-0.15, -0.1) is 0 Å². The number of nitrogens with one attached hydrogen (secondary N) is 3. The van der Waals surface area contributed by atoms with E-state index in [1.807, 2.05) is 0 Å². The third-order valence-electron chi connectivity index (χ3n) is 4.74. The van der Waals surface area contributed by atoms with Crippen LogP contribution in [0.4, 0.5) is 0 Å². The van der Waals surface area contributed by atoms with E-state index in [0.29, 0.717) is 19.4 Å². The van der Waals surface area contributed by atoms with Crippen LogP contribution in [0.25, 0.3) is 0 Å². The van der Waals surface area contributed by atoms with E-state index in [9.17, 15) is 29.4 Å². The lowest BCUT2D eigenvalue weighted by Gasteiger charge is -2.26. The highest BCUT2D eigenvalue weighted by atomic mass is 16.4. The largest absolute Gasteiger partial charge is 0.480 e. The maximum Gasteiger partial charge on any atom is 0.326 e. The fourth-order valence-electron chi connectivity index (χ4n) is 2.80. The third kappa shape index (κ3) is 12.3. The molecule has 0 aliphatic carbocycles. The van der Waals surface area contributed by atoms with Gasteiger partial charge in [-0.2, -0.15) is 0 Å². The van der Waals surface area contributed by atoms with Crippen LogP contribution in [0, 0.1) is 0 Å². The molecule has 0 rings (SSSR count). The van der Waals surface area contributed by atoms with Gasteiger partial charge in [0.05, 0.1) is 12.7 Å². The number of amides is 3. The van der Waals surface area contributed by atoms with Crippen LogP contribution < -0.4 is 38.9 Å². The summed E-state index contributed by atoms with van der Waals surface area (Å²) in [5.41, 5.74) is 21.3. The Morgan fingerprint density at radius 3 is 2.00 bits per heavy atom. The molecule has 5 unspecified atom stereocenters. The summed E-state index contributed by atoms with van der Waals surface area (Å²) in [4.78, 5) is 52.8. The van der Waals surface area contributed by atoms with Crippen molar-refractivity contribution in [1.82, 2.24) is 16.0 Å². The number of hydrogen-bond acceptors (Lipinski definition) is 9. The molecule has 14 N–H and O–H groups in total. The number of unbranched alkanes of at least 4 members (excludes halogenated alkanes) is 1. The minimum atomic E-state index is -1.47. The molecule has 0 spiro atoms. The molecule has 0 saturated heterocycles. The number of hydrogen-bond donors (Lipinski definition) is 10. The Labute approximate surface area is 197 Å². The van der Waals surface area contributed by atoms with Crippen molar-refractivity contribution >= 4 is 29.7 Å². The van der Waals surface area contributed by atoms with Gasteiger partial charge in [0.1, 0.15) is 24.2 Å². The average molecular weight is 491 g/mol. The van der Waals surface area contributed by atoms with E-state index in [1.54, 1.807) is 0 Å². The second-order valence-corrected chi connectivity index (χ2v) is 7.71. The molecule has 0 aromatic carbocycles. The number of carbonyl (C=O) groups is 4. The lowest BCUT2D eigenvalue weighted by atomic mass is 10.0. The number of nitrogens with two attached hydrogens (primary N) is 4. The summed E-state index contributed by atoms with van der Waals surface area (Å²) in [7, 11) is 0. The molecular formula is C19H38N8O7. The predicted octanol–water partition coefficient (Wildman–Crippen LogP) is -4.59. The summed E-state index contributed by atoms with van der Waals surface area (Å²) in [6.45, 7) is 1.08. The molecule has 0 aromatic heterocycles. The van der Waals surface area contributed by atoms with Crippen molar-refractivity contribution in [2.45, 2.75) is 69.3 Å². The van der Waals surface area contributed by atoms with Crippen molar-refractivity contribution in [2.75, 3.05) is 19.7 Å². The molecule has 0 aliphatic rings. The molecule has 34 heavy (non-hydrogen) atoms. The minimum absolute atomic E-state index is 0.0344. The number of rotatable bonds is 17. The first kappa shape index (κ1) is 31.0. The Kier molecular flexibility index (Phi) is 15.1. The van der Waals surface area contributed by atoms with Crippen LogP contribution in [0.3, 0.4) is 0 Å². The highest BCUT2D eigenvalue weighted by Crippen LogP contribution is 2.06. The second-order valence-electron chi connectivity index (χ2n) is 7.71. The van der Waals surface area contributed by atoms with E-state index >= 15 is 0 Å². The standard InChI is InChI=1S/C19H38N8O7/c1-10(29)14(27-15(30)11(21)9-28)17(32)25-12(5-2-3-7-20)16(31)26-13(18(33)34)6-4-8-24-19(22)23/h10-14,28-29H,2-9,20-21H2,1H3,(H,25,32)(H,26,31)(H,27,30)(H,33,34)(H4,22,23,24). The zero-order valence-corrected chi connectivity index (χ0v) is 19.3. The summed E-state index contributed by atoms with van der Waals surface area (Å²) in [6.07, 6.45) is 0.0737. The van der Waals surface area contributed by atoms with Gasteiger partial charge in [0, 0.05) is 6.54 Å². The van der Waals surface area contributed by atoms with Crippen LogP contribution in [-0.2, 0) is 19.2 Å². The van der Waals surface area contributed by atoms with Crippen LogP contribution in [0.15, 0.2) is 4.99 Å². The lowest BCUT2D eigenvalue weighted by molar-refractivity contribution is -0.142. The van der Waals surface area contributed by atoms with Gasteiger partial charge >= 0.3 is 5.97 Å². The number of carboxylic acids is 1. The topological polar surface area (TPSA) is 282 Å². The van der Waals surface area contributed by atoms with Crippen molar-refractivity contribution in [3.63, 3.8) is 0 Å². The van der Waals surface area contributed by atoms with Crippen molar-refractivity contribution in [3.8, 4) is 0 Å². The first-order valence-corrected chi connectivity index (χ1v) is 10.9. The summed E-state index contributed by atoms with van der Waals surface area (Å²) in [5, 5.41) is 35.4. The lowest BCUT2D eigenvalue weighted by Crippen LogP contribution is -2.60. The Morgan fingerprint density at radius 2 is 1.50 bits per heavy atom. The number of aliphatic imine (C=N–C) groups is 1. The Morgan fingerprint density at radius 1 is 0.912 bits per heavy atom. The third-order valence-corrected chi connectivity index (χ3v) is 4.74. The molecule has 0 heterocycles. The zero-order valence-electron chi connectivity index (χ0n) is 19.3. The quantitative estimate of drug-likeness (QED) is 0.0525. The van der Waals surface area contributed by atoms with Crippen molar-refractivity contribution < 1.29 is 34.5 Å². The van der Waals surface area contributed by atoms with Gasteiger partial charge in [0.25, 0.3) is 0 Å². The monoisotopic (exact) mass is 490 g/mol. The maximum atomic E-state index is 12.8. The molecule has 0 aromatic rings. The summed E-state index contributed by atoms with van der Waals surface area (Å²) >= 11 is 0. The molecule has 5 atom stereocenters. The fraction of sp³-hybridized carbons (Fsp3) is 0.737. The number of carboxylic acid groups (broad SMARTS) is 1. The minimum Gasteiger partial charge on any atom is -0.480 e. The molecule has 3 amide bonds. The summed E-state index contributed by atoms with van der Waals surface area (Å²) in [5.74, 6) is -3.95. The van der Waals surface area contributed by atoms with Gasteiger partial charge in [0.15, 0.2) is 5.96 Å². The first-order valence-electron chi connectivity index (χ1n) is 10.9. The second kappa shape index (κ2) is 16.6. The molecule has 15 heteroatoms. The molecule has 196 valence electrons. The van der Waals surface area contributed by atoms with E-state index in [2.05, 4.69) is 20.9 Å². The van der Waals surface area contributed by atoms with Gasteiger partial charge in [-0.3, -0.25) is 19.4 Å².